The maximum absolute atomic E-state index is 11.2. The monoisotopic (exact) mass is 283 g/mol. The normalized spacial score (nSPS) is 17.2. The molecule has 1 aliphatic heterocycles. The SMILES string of the molecule is COC(=O)CN1CCC(Oc2ccccc2Cl)CC1. The minimum atomic E-state index is -0.189. The molecule has 0 N–H and O–H groups in total. The molecule has 1 saturated heterocycles. The highest BCUT2D eigenvalue weighted by molar-refractivity contribution is 6.32. The number of esters is 1. The summed E-state index contributed by atoms with van der Waals surface area (Å²) < 4.78 is 10.6. The molecule has 0 atom stereocenters. The fraction of sp³-hybridized carbons (Fsp3) is 0.500. The van der Waals surface area contributed by atoms with E-state index in [0.29, 0.717) is 11.6 Å². The van der Waals surface area contributed by atoms with Crippen molar-refractivity contribution in [2.75, 3.05) is 26.7 Å². The first kappa shape index (κ1) is 14.2. The number of ether oxygens (including phenoxy) is 2. The van der Waals surface area contributed by atoms with Gasteiger partial charge in [-0.05, 0) is 25.0 Å². The first-order chi connectivity index (χ1) is 9.19. The molecule has 19 heavy (non-hydrogen) atoms. The van der Waals surface area contributed by atoms with Crippen LogP contribution in [0.2, 0.25) is 5.02 Å². The highest BCUT2D eigenvalue weighted by Crippen LogP contribution is 2.26. The second-order valence-corrected chi connectivity index (χ2v) is 5.01. The van der Waals surface area contributed by atoms with E-state index in [0.717, 1.165) is 31.7 Å². The van der Waals surface area contributed by atoms with Crippen molar-refractivity contribution in [2.45, 2.75) is 18.9 Å². The molecule has 104 valence electrons. The molecule has 1 aromatic rings. The third-order valence-electron chi connectivity index (χ3n) is 3.25. The van der Waals surface area contributed by atoms with Crippen LogP contribution in [0.4, 0.5) is 0 Å². The molecule has 2 rings (SSSR count). The van der Waals surface area contributed by atoms with Gasteiger partial charge in [-0.25, -0.2) is 0 Å². The second-order valence-electron chi connectivity index (χ2n) is 4.60. The number of piperidine rings is 1. The van der Waals surface area contributed by atoms with Crippen molar-refractivity contribution < 1.29 is 14.3 Å². The van der Waals surface area contributed by atoms with E-state index in [1.54, 1.807) is 0 Å². The van der Waals surface area contributed by atoms with Gasteiger partial charge in [0.25, 0.3) is 0 Å². The molecule has 0 amide bonds. The van der Waals surface area contributed by atoms with Gasteiger partial charge in [-0.2, -0.15) is 0 Å². The zero-order valence-corrected chi connectivity index (χ0v) is 11.7. The number of carbonyl (C=O) groups is 1. The van der Waals surface area contributed by atoms with E-state index >= 15 is 0 Å². The summed E-state index contributed by atoms with van der Waals surface area (Å²) in [6, 6.07) is 7.49. The van der Waals surface area contributed by atoms with E-state index in [1.165, 1.54) is 7.11 Å². The third-order valence-corrected chi connectivity index (χ3v) is 3.56. The Bertz CT molecular complexity index is 430. The van der Waals surface area contributed by atoms with Crippen LogP contribution in [0.3, 0.4) is 0 Å². The van der Waals surface area contributed by atoms with E-state index in [9.17, 15) is 4.79 Å². The van der Waals surface area contributed by atoms with Crippen molar-refractivity contribution in [3.05, 3.63) is 29.3 Å². The lowest BCUT2D eigenvalue weighted by Crippen LogP contribution is -2.41. The number of methoxy groups -OCH3 is 1. The summed E-state index contributed by atoms with van der Waals surface area (Å²) in [6.45, 7) is 2.03. The lowest BCUT2D eigenvalue weighted by molar-refractivity contribution is -0.142. The van der Waals surface area contributed by atoms with E-state index < -0.39 is 0 Å². The van der Waals surface area contributed by atoms with Crippen LogP contribution in [0.1, 0.15) is 12.8 Å². The molecule has 1 heterocycles. The Labute approximate surface area is 118 Å². The number of likely N-dealkylation sites (tertiary alicyclic amines) is 1. The van der Waals surface area contributed by atoms with Gasteiger partial charge in [0.2, 0.25) is 0 Å². The first-order valence-electron chi connectivity index (χ1n) is 6.39. The van der Waals surface area contributed by atoms with Crippen LogP contribution in [-0.4, -0.2) is 43.7 Å². The summed E-state index contributed by atoms with van der Waals surface area (Å²) in [7, 11) is 1.41. The molecule has 0 aliphatic carbocycles. The maximum atomic E-state index is 11.2. The fourth-order valence-corrected chi connectivity index (χ4v) is 2.33. The van der Waals surface area contributed by atoms with E-state index in [1.807, 2.05) is 24.3 Å². The number of hydrogen-bond donors (Lipinski definition) is 0. The molecule has 0 bridgehead atoms. The van der Waals surface area contributed by atoms with Crippen molar-refractivity contribution in [1.29, 1.82) is 0 Å². The predicted molar refractivity (Wildman–Crippen MR) is 73.6 cm³/mol. The molecule has 1 aromatic carbocycles. The fourth-order valence-electron chi connectivity index (χ4n) is 2.15. The molecule has 0 radical (unpaired) electrons. The average Bonchev–Trinajstić information content (AvgIpc) is 2.43. The standard InChI is InChI=1S/C14H18ClNO3/c1-18-14(17)10-16-8-6-11(7-9-16)19-13-5-3-2-4-12(13)15/h2-5,11H,6-10H2,1H3. The molecule has 1 fully saturated rings. The Morgan fingerprint density at radius 2 is 2.05 bits per heavy atom. The molecule has 0 spiro atoms. The Morgan fingerprint density at radius 3 is 2.68 bits per heavy atom. The molecule has 5 heteroatoms. The number of nitrogens with zero attached hydrogens (tertiary/aromatic N) is 1. The van der Waals surface area contributed by atoms with Gasteiger partial charge in [-0.3, -0.25) is 9.69 Å². The molecule has 0 saturated carbocycles. The van der Waals surface area contributed by atoms with E-state index in [4.69, 9.17) is 16.3 Å². The largest absolute Gasteiger partial charge is 0.489 e. The number of benzene rings is 1. The van der Waals surface area contributed by atoms with Gasteiger partial charge in [0, 0.05) is 13.1 Å². The third kappa shape index (κ3) is 4.11. The molecule has 1 aliphatic rings. The second kappa shape index (κ2) is 6.78. The molecular weight excluding hydrogens is 266 g/mol. The molecule has 0 aromatic heterocycles. The topological polar surface area (TPSA) is 38.8 Å². The summed E-state index contributed by atoms with van der Waals surface area (Å²) in [5.74, 6) is 0.543. The lowest BCUT2D eigenvalue weighted by atomic mass is 10.1. The Morgan fingerprint density at radius 1 is 1.37 bits per heavy atom. The van der Waals surface area contributed by atoms with Crippen LogP contribution in [0.25, 0.3) is 0 Å². The van der Waals surface area contributed by atoms with Crippen molar-refractivity contribution in [3.63, 3.8) is 0 Å². The number of hydrogen-bond acceptors (Lipinski definition) is 4. The van der Waals surface area contributed by atoms with Crippen molar-refractivity contribution in [2.24, 2.45) is 0 Å². The minimum absolute atomic E-state index is 0.161. The van der Waals surface area contributed by atoms with Crippen LogP contribution in [0, 0.1) is 0 Å². The summed E-state index contributed by atoms with van der Waals surface area (Å²) in [4.78, 5) is 13.3. The summed E-state index contributed by atoms with van der Waals surface area (Å²) in [6.07, 6.45) is 1.94. The number of carbonyl (C=O) groups excluding carboxylic acids is 1. The maximum Gasteiger partial charge on any atom is 0.319 e. The van der Waals surface area contributed by atoms with Gasteiger partial charge >= 0.3 is 5.97 Å². The Hall–Kier alpha value is -1.26. The predicted octanol–water partition coefficient (Wildman–Crippen LogP) is 2.36. The van der Waals surface area contributed by atoms with Gasteiger partial charge in [-0.1, -0.05) is 23.7 Å². The van der Waals surface area contributed by atoms with Gasteiger partial charge in [0.1, 0.15) is 11.9 Å². The van der Waals surface area contributed by atoms with Crippen LogP contribution in [0.5, 0.6) is 5.75 Å². The summed E-state index contributed by atoms with van der Waals surface area (Å²) in [5, 5.41) is 0.638. The van der Waals surface area contributed by atoms with Gasteiger partial charge in [0.05, 0.1) is 18.7 Å². The van der Waals surface area contributed by atoms with E-state index in [-0.39, 0.29) is 12.1 Å². The zero-order valence-electron chi connectivity index (χ0n) is 11.0. The lowest BCUT2D eigenvalue weighted by Gasteiger charge is -2.31. The number of rotatable bonds is 4. The van der Waals surface area contributed by atoms with Crippen molar-refractivity contribution >= 4 is 17.6 Å². The van der Waals surface area contributed by atoms with Crippen molar-refractivity contribution in [3.8, 4) is 5.75 Å². The smallest absolute Gasteiger partial charge is 0.319 e. The highest BCUT2D eigenvalue weighted by Gasteiger charge is 2.22. The van der Waals surface area contributed by atoms with Crippen LogP contribution >= 0.6 is 11.6 Å². The average molecular weight is 284 g/mol. The quantitative estimate of drug-likeness (QED) is 0.795. The highest BCUT2D eigenvalue weighted by atomic mass is 35.5. The molecule has 0 unspecified atom stereocenters. The van der Waals surface area contributed by atoms with Gasteiger partial charge in [-0.15, -0.1) is 0 Å². The van der Waals surface area contributed by atoms with E-state index in [2.05, 4.69) is 9.64 Å². The van der Waals surface area contributed by atoms with Crippen LogP contribution in [0.15, 0.2) is 24.3 Å². The van der Waals surface area contributed by atoms with Crippen LogP contribution < -0.4 is 4.74 Å². The molecular formula is C14H18ClNO3. The van der Waals surface area contributed by atoms with Gasteiger partial charge < -0.3 is 9.47 Å². The zero-order chi connectivity index (χ0) is 13.7. The Kier molecular flexibility index (Phi) is 5.05. The van der Waals surface area contributed by atoms with Crippen LogP contribution in [-0.2, 0) is 9.53 Å². The molecule has 4 nitrogen and oxygen atoms in total. The summed E-state index contributed by atoms with van der Waals surface area (Å²) >= 11 is 6.06. The number of para-hydroxylation sites is 1. The minimum Gasteiger partial charge on any atom is -0.489 e. The van der Waals surface area contributed by atoms with Crippen molar-refractivity contribution in [1.82, 2.24) is 4.90 Å². The number of halogens is 1. The van der Waals surface area contributed by atoms with Gasteiger partial charge in [0.15, 0.2) is 0 Å². The Balaban J connectivity index is 1.81. The summed E-state index contributed by atoms with van der Waals surface area (Å²) in [5.41, 5.74) is 0. The first-order valence-corrected chi connectivity index (χ1v) is 6.77.